The van der Waals surface area contributed by atoms with Crippen molar-refractivity contribution in [2.45, 2.75) is 12.7 Å². The highest BCUT2D eigenvalue weighted by atomic mass is 16.7. The van der Waals surface area contributed by atoms with E-state index in [1.807, 2.05) is 36.4 Å². The number of aromatic hydroxyl groups is 1. The van der Waals surface area contributed by atoms with Crippen LogP contribution in [0.5, 0.6) is 17.2 Å². The Kier molecular flexibility index (Phi) is 5.85. The minimum absolute atomic E-state index is 0.262. The Morgan fingerprint density at radius 3 is 2.68 bits per heavy atom. The van der Waals surface area contributed by atoms with Gasteiger partial charge in [0.2, 0.25) is 6.79 Å². The lowest BCUT2D eigenvalue weighted by molar-refractivity contribution is -0.903. The SMILES string of the molecule is Oc1ccccc1N1CC[NH+](C[C@@H](O)COCc2ccc3c(c2)OCO3)CC1. The van der Waals surface area contributed by atoms with Gasteiger partial charge in [0.15, 0.2) is 11.5 Å². The predicted octanol–water partition coefficient (Wildman–Crippen LogP) is 0.404. The summed E-state index contributed by atoms with van der Waals surface area (Å²) >= 11 is 0. The largest absolute Gasteiger partial charge is 0.506 e. The van der Waals surface area contributed by atoms with Gasteiger partial charge in [-0.25, -0.2) is 0 Å². The Bertz CT molecular complexity index is 792. The first-order valence-electron chi connectivity index (χ1n) is 9.70. The lowest BCUT2D eigenvalue weighted by Gasteiger charge is -2.34. The monoisotopic (exact) mass is 387 g/mol. The molecule has 2 heterocycles. The van der Waals surface area contributed by atoms with Gasteiger partial charge in [-0.15, -0.1) is 0 Å². The van der Waals surface area contributed by atoms with Crippen molar-refractivity contribution in [1.82, 2.24) is 0 Å². The molecule has 7 nitrogen and oxygen atoms in total. The van der Waals surface area contributed by atoms with Gasteiger partial charge in [-0.3, -0.25) is 0 Å². The topological polar surface area (TPSA) is 75.8 Å². The number of fused-ring (bicyclic) bond motifs is 1. The number of nitrogens with zero attached hydrogens (tertiary/aromatic N) is 1. The second-order valence-corrected chi connectivity index (χ2v) is 7.29. The standard InChI is InChI=1S/C21H26N2O5/c24-17(14-26-13-16-5-6-20-21(11-16)28-15-27-20)12-22-7-9-23(10-8-22)18-3-1-2-4-19(18)25/h1-6,11,17,24-25H,7-10,12-15H2/p+1/t17-/m1/s1. The van der Waals surface area contributed by atoms with Crippen LogP contribution in [0.15, 0.2) is 42.5 Å². The van der Waals surface area contributed by atoms with Gasteiger partial charge in [-0.2, -0.15) is 0 Å². The third kappa shape index (κ3) is 4.49. The van der Waals surface area contributed by atoms with Crippen LogP contribution in [0.3, 0.4) is 0 Å². The summed E-state index contributed by atoms with van der Waals surface area (Å²) in [4.78, 5) is 3.55. The summed E-state index contributed by atoms with van der Waals surface area (Å²) in [5.74, 6) is 1.83. The molecular weight excluding hydrogens is 360 g/mol. The molecule has 0 saturated carbocycles. The normalized spacial score (nSPS) is 17.7. The molecule has 1 fully saturated rings. The predicted molar refractivity (Wildman–Crippen MR) is 104 cm³/mol. The van der Waals surface area contributed by atoms with E-state index in [2.05, 4.69) is 4.90 Å². The molecule has 0 bridgehead atoms. The summed E-state index contributed by atoms with van der Waals surface area (Å²) < 4.78 is 16.4. The smallest absolute Gasteiger partial charge is 0.231 e. The number of aliphatic hydroxyl groups is 1. The zero-order valence-electron chi connectivity index (χ0n) is 15.8. The van der Waals surface area contributed by atoms with E-state index < -0.39 is 6.10 Å². The highest BCUT2D eigenvalue weighted by Gasteiger charge is 2.24. The number of phenols is 1. The molecular formula is C21H27N2O5+. The van der Waals surface area contributed by atoms with Gasteiger partial charge >= 0.3 is 0 Å². The van der Waals surface area contributed by atoms with Crippen molar-refractivity contribution in [3.63, 3.8) is 0 Å². The van der Waals surface area contributed by atoms with E-state index in [0.717, 1.165) is 48.9 Å². The van der Waals surface area contributed by atoms with Crippen LogP contribution in [0.4, 0.5) is 5.69 Å². The average Bonchev–Trinajstić information content (AvgIpc) is 3.17. The fourth-order valence-electron chi connectivity index (χ4n) is 3.74. The summed E-state index contributed by atoms with van der Waals surface area (Å²) in [5.41, 5.74) is 1.88. The van der Waals surface area contributed by atoms with Gasteiger partial charge in [0.05, 0.1) is 45.1 Å². The molecule has 2 aromatic rings. The number of para-hydroxylation sites is 2. The second-order valence-electron chi connectivity index (χ2n) is 7.29. The second kappa shape index (κ2) is 8.68. The molecule has 2 aliphatic rings. The number of hydrogen-bond acceptors (Lipinski definition) is 6. The van der Waals surface area contributed by atoms with E-state index in [1.165, 1.54) is 4.90 Å². The molecule has 0 radical (unpaired) electrons. The summed E-state index contributed by atoms with van der Waals surface area (Å²) in [6, 6.07) is 13.2. The number of benzene rings is 2. The lowest BCUT2D eigenvalue weighted by atomic mass is 10.2. The molecule has 1 saturated heterocycles. The first-order chi connectivity index (χ1) is 13.7. The average molecular weight is 387 g/mol. The quantitative estimate of drug-likeness (QED) is 0.639. The van der Waals surface area contributed by atoms with E-state index in [4.69, 9.17) is 14.2 Å². The number of phenolic OH excluding ortho intramolecular Hbond substituents is 1. The zero-order chi connectivity index (χ0) is 19.3. The molecule has 28 heavy (non-hydrogen) atoms. The molecule has 0 aliphatic carbocycles. The molecule has 4 rings (SSSR count). The summed E-state index contributed by atoms with van der Waals surface area (Å²) in [7, 11) is 0. The Morgan fingerprint density at radius 1 is 1.07 bits per heavy atom. The lowest BCUT2D eigenvalue weighted by Crippen LogP contribution is -3.16. The molecule has 7 heteroatoms. The van der Waals surface area contributed by atoms with E-state index in [0.29, 0.717) is 25.5 Å². The number of piperazine rings is 1. The van der Waals surface area contributed by atoms with Crippen LogP contribution in [-0.4, -0.2) is 62.4 Å². The van der Waals surface area contributed by atoms with Gasteiger partial charge < -0.3 is 34.2 Å². The maximum atomic E-state index is 10.3. The fourth-order valence-corrected chi connectivity index (χ4v) is 3.74. The number of anilines is 1. The van der Waals surface area contributed by atoms with Crippen molar-refractivity contribution < 1.29 is 29.3 Å². The van der Waals surface area contributed by atoms with Gasteiger partial charge in [-0.1, -0.05) is 18.2 Å². The van der Waals surface area contributed by atoms with Crippen molar-refractivity contribution in [1.29, 1.82) is 0 Å². The third-order valence-corrected chi connectivity index (χ3v) is 5.23. The molecule has 3 N–H and O–H groups in total. The van der Waals surface area contributed by atoms with E-state index in [-0.39, 0.29) is 6.79 Å². The fraction of sp³-hybridized carbons (Fsp3) is 0.429. The number of nitrogens with one attached hydrogen (secondary N) is 1. The maximum absolute atomic E-state index is 10.3. The Balaban J connectivity index is 1.18. The highest BCUT2D eigenvalue weighted by Crippen LogP contribution is 2.32. The van der Waals surface area contributed by atoms with Crippen molar-refractivity contribution in [3.8, 4) is 17.2 Å². The van der Waals surface area contributed by atoms with Crippen LogP contribution < -0.4 is 19.3 Å². The van der Waals surface area contributed by atoms with E-state index in [9.17, 15) is 10.2 Å². The number of aliphatic hydroxyl groups excluding tert-OH is 1. The van der Waals surface area contributed by atoms with Crippen LogP contribution in [0, 0.1) is 0 Å². The van der Waals surface area contributed by atoms with Gasteiger partial charge in [-0.05, 0) is 29.8 Å². The summed E-state index contributed by atoms with van der Waals surface area (Å²) in [5, 5.41) is 20.3. The minimum Gasteiger partial charge on any atom is -0.506 e. The number of hydrogen-bond donors (Lipinski definition) is 3. The number of quaternary nitrogens is 1. The minimum atomic E-state index is -0.499. The van der Waals surface area contributed by atoms with Crippen molar-refractivity contribution in [2.24, 2.45) is 0 Å². The van der Waals surface area contributed by atoms with Crippen molar-refractivity contribution in [3.05, 3.63) is 48.0 Å². The third-order valence-electron chi connectivity index (χ3n) is 5.23. The Labute approximate surface area is 164 Å². The molecule has 0 amide bonds. The molecule has 2 aliphatic heterocycles. The molecule has 150 valence electrons. The molecule has 0 unspecified atom stereocenters. The van der Waals surface area contributed by atoms with Crippen LogP contribution in [0.1, 0.15) is 5.56 Å². The maximum Gasteiger partial charge on any atom is 0.231 e. The van der Waals surface area contributed by atoms with Crippen molar-refractivity contribution in [2.75, 3.05) is 51.0 Å². The van der Waals surface area contributed by atoms with E-state index in [1.54, 1.807) is 6.07 Å². The number of ether oxygens (including phenoxy) is 3. The molecule has 2 aromatic carbocycles. The Hall–Kier alpha value is -2.48. The summed E-state index contributed by atoms with van der Waals surface area (Å²) in [6.45, 7) is 5.23. The van der Waals surface area contributed by atoms with Gasteiger partial charge in [0.25, 0.3) is 0 Å². The van der Waals surface area contributed by atoms with Gasteiger partial charge in [0, 0.05) is 0 Å². The molecule has 0 aromatic heterocycles. The van der Waals surface area contributed by atoms with Crippen molar-refractivity contribution >= 4 is 5.69 Å². The van der Waals surface area contributed by atoms with Crippen LogP contribution in [-0.2, 0) is 11.3 Å². The van der Waals surface area contributed by atoms with E-state index >= 15 is 0 Å². The number of rotatable bonds is 7. The van der Waals surface area contributed by atoms with Crippen LogP contribution in [0.2, 0.25) is 0 Å². The summed E-state index contributed by atoms with van der Waals surface area (Å²) in [6.07, 6.45) is -0.499. The highest BCUT2D eigenvalue weighted by molar-refractivity contribution is 5.57. The first-order valence-corrected chi connectivity index (χ1v) is 9.70. The zero-order valence-corrected chi connectivity index (χ0v) is 15.8. The van der Waals surface area contributed by atoms with Gasteiger partial charge in [0.1, 0.15) is 18.4 Å². The molecule has 0 spiro atoms. The first kappa shape index (κ1) is 18.9. The Morgan fingerprint density at radius 2 is 1.86 bits per heavy atom. The van der Waals surface area contributed by atoms with Crippen LogP contribution >= 0.6 is 0 Å². The van der Waals surface area contributed by atoms with Crippen LogP contribution in [0.25, 0.3) is 0 Å². The molecule has 1 atom stereocenters.